The highest BCUT2D eigenvalue weighted by Crippen LogP contribution is 2.35. The first kappa shape index (κ1) is 15.9. The van der Waals surface area contributed by atoms with E-state index in [0.29, 0.717) is 6.54 Å². The molecule has 1 N–H and O–H groups in total. The molecule has 0 radical (unpaired) electrons. The number of nitrogens with zero attached hydrogens (tertiary/aromatic N) is 3. The van der Waals surface area contributed by atoms with E-state index in [2.05, 4.69) is 10.4 Å². The Kier molecular flexibility index (Phi) is 4.03. The zero-order valence-corrected chi connectivity index (χ0v) is 14.3. The van der Waals surface area contributed by atoms with E-state index in [9.17, 15) is 9.59 Å². The Labute approximate surface area is 146 Å². The highest BCUT2D eigenvalue weighted by atomic mass is 16.2. The number of carbonyl (C=O) groups excluding carboxylic acids is 2. The molecule has 2 amide bonds. The molecule has 130 valence electrons. The van der Waals surface area contributed by atoms with Gasteiger partial charge in [0.25, 0.3) is 0 Å². The number of para-hydroxylation sites is 1. The maximum Gasteiger partial charge on any atom is 0.232 e. The molecule has 1 aromatic carbocycles. The van der Waals surface area contributed by atoms with Crippen LogP contribution in [-0.2, 0) is 9.59 Å². The number of benzene rings is 1. The van der Waals surface area contributed by atoms with E-state index in [1.165, 1.54) is 0 Å². The van der Waals surface area contributed by atoms with Gasteiger partial charge in [0.1, 0.15) is 0 Å². The summed E-state index contributed by atoms with van der Waals surface area (Å²) >= 11 is 0. The predicted octanol–water partition coefficient (Wildman–Crippen LogP) is 2.48. The number of hydrogen-bond acceptors (Lipinski definition) is 3. The van der Waals surface area contributed by atoms with Gasteiger partial charge in [-0.25, -0.2) is 0 Å². The smallest absolute Gasteiger partial charge is 0.232 e. The Morgan fingerprint density at radius 1 is 1.36 bits per heavy atom. The molecule has 2 aliphatic rings. The molecule has 6 heteroatoms. The van der Waals surface area contributed by atoms with E-state index in [1.807, 2.05) is 53.2 Å². The number of amides is 2. The van der Waals surface area contributed by atoms with Gasteiger partial charge >= 0.3 is 0 Å². The van der Waals surface area contributed by atoms with Gasteiger partial charge in [-0.05, 0) is 37.0 Å². The summed E-state index contributed by atoms with van der Waals surface area (Å²) in [5.74, 6) is -0.410. The summed E-state index contributed by atoms with van der Waals surface area (Å²) in [6, 6.07) is 7.83. The van der Waals surface area contributed by atoms with Gasteiger partial charge in [-0.15, -0.1) is 0 Å². The van der Waals surface area contributed by atoms with Crippen LogP contribution in [0.25, 0.3) is 0 Å². The molecule has 1 saturated heterocycles. The molecule has 0 bridgehead atoms. The average molecular weight is 338 g/mol. The van der Waals surface area contributed by atoms with E-state index in [4.69, 9.17) is 0 Å². The van der Waals surface area contributed by atoms with E-state index >= 15 is 0 Å². The van der Waals surface area contributed by atoms with Crippen molar-refractivity contribution in [2.24, 2.45) is 0 Å². The first-order valence-electron chi connectivity index (χ1n) is 8.80. The number of aromatic nitrogens is 2. The molecule has 2 aromatic rings. The van der Waals surface area contributed by atoms with Crippen molar-refractivity contribution in [1.82, 2.24) is 14.7 Å². The van der Waals surface area contributed by atoms with Crippen molar-refractivity contribution in [3.63, 3.8) is 0 Å². The van der Waals surface area contributed by atoms with Crippen molar-refractivity contribution in [3.05, 3.63) is 47.8 Å². The maximum atomic E-state index is 12.8. The van der Waals surface area contributed by atoms with E-state index < -0.39 is 0 Å². The van der Waals surface area contributed by atoms with Crippen LogP contribution in [0, 0.1) is 6.92 Å². The molecule has 25 heavy (non-hydrogen) atoms. The fourth-order valence-electron chi connectivity index (χ4n) is 3.81. The van der Waals surface area contributed by atoms with Crippen LogP contribution in [0.2, 0.25) is 0 Å². The molecule has 0 saturated carbocycles. The Morgan fingerprint density at radius 3 is 3.00 bits per heavy atom. The monoisotopic (exact) mass is 338 g/mol. The zero-order valence-electron chi connectivity index (χ0n) is 14.3. The van der Waals surface area contributed by atoms with Crippen molar-refractivity contribution in [1.29, 1.82) is 0 Å². The fraction of sp³-hybridized carbons (Fsp3) is 0.421. The first-order chi connectivity index (χ1) is 12.1. The Balaban J connectivity index is 1.45. The lowest BCUT2D eigenvalue weighted by molar-refractivity contribution is -0.135. The van der Waals surface area contributed by atoms with E-state index in [0.717, 1.165) is 36.2 Å². The number of rotatable bonds is 3. The van der Waals surface area contributed by atoms with E-state index in [-0.39, 0.29) is 30.2 Å². The number of fused-ring (bicyclic) bond motifs is 1. The molecule has 1 fully saturated rings. The second-order valence-electron chi connectivity index (χ2n) is 6.97. The number of anilines is 1. The van der Waals surface area contributed by atoms with Crippen LogP contribution in [0.15, 0.2) is 36.7 Å². The topological polar surface area (TPSA) is 67.2 Å². The Hall–Kier alpha value is -2.63. The van der Waals surface area contributed by atoms with Crippen LogP contribution < -0.4 is 5.32 Å². The molecule has 4 rings (SSSR count). The standard InChI is InChI=1S/C19H22N4O2/c1-13-10-20-23(11-13)14-5-4-8-22(12-14)18(24)9-16-15-6-2-3-7-17(15)21-19(16)25/h2-3,6-7,10-11,14,16H,4-5,8-9,12H2,1H3,(H,21,25)/t14-,16-/m1/s1. The molecule has 2 atom stereocenters. The third kappa shape index (κ3) is 3.04. The Morgan fingerprint density at radius 2 is 2.20 bits per heavy atom. The summed E-state index contributed by atoms with van der Waals surface area (Å²) in [4.78, 5) is 26.9. The molecule has 1 aromatic heterocycles. The minimum atomic E-state index is -0.379. The van der Waals surface area contributed by atoms with Crippen molar-refractivity contribution in [2.45, 2.75) is 38.1 Å². The predicted molar refractivity (Wildman–Crippen MR) is 94.2 cm³/mol. The lowest BCUT2D eigenvalue weighted by atomic mass is 9.96. The van der Waals surface area contributed by atoms with Crippen molar-refractivity contribution >= 4 is 17.5 Å². The number of nitrogens with one attached hydrogen (secondary N) is 1. The summed E-state index contributed by atoms with van der Waals surface area (Å²) in [5.41, 5.74) is 2.88. The van der Waals surface area contributed by atoms with Crippen LogP contribution in [0.1, 0.15) is 42.3 Å². The SMILES string of the molecule is Cc1cnn([C@@H]2CCCN(C(=O)C[C@H]3C(=O)Nc4ccccc43)C2)c1. The number of aryl methyl sites for hydroxylation is 1. The van der Waals surface area contributed by atoms with Crippen molar-refractivity contribution in [3.8, 4) is 0 Å². The minimum Gasteiger partial charge on any atom is -0.341 e. The maximum absolute atomic E-state index is 12.8. The number of hydrogen-bond donors (Lipinski definition) is 1. The first-order valence-corrected chi connectivity index (χ1v) is 8.80. The third-order valence-corrected chi connectivity index (χ3v) is 5.14. The van der Waals surface area contributed by atoms with Gasteiger partial charge < -0.3 is 10.2 Å². The lowest BCUT2D eigenvalue weighted by Gasteiger charge is -2.33. The molecule has 3 heterocycles. The summed E-state index contributed by atoms with van der Waals surface area (Å²) in [5, 5.41) is 7.26. The molecule has 0 aliphatic carbocycles. The number of likely N-dealkylation sites (tertiary alicyclic amines) is 1. The summed E-state index contributed by atoms with van der Waals surface area (Å²) in [7, 11) is 0. The highest BCUT2D eigenvalue weighted by Gasteiger charge is 2.34. The molecule has 0 spiro atoms. The van der Waals surface area contributed by atoms with E-state index in [1.54, 1.807) is 0 Å². The molecular weight excluding hydrogens is 316 g/mol. The van der Waals surface area contributed by atoms with Gasteiger partial charge in [0, 0.05) is 31.4 Å². The summed E-state index contributed by atoms with van der Waals surface area (Å²) in [6.45, 7) is 3.44. The lowest BCUT2D eigenvalue weighted by Crippen LogP contribution is -2.41. The molecule has 0 unspecified atom stereocenters. The second-order valence-corrected chi connectivity index (χ2v) is 6.97. The van der Waals surface area contributed by atoms with Crippen LogP contribution >= 0.6 is 0 Å². The van der Waals surface area contributed by atoms with Gasteiger partial charge in [0.15, 0.2) is 0 Å². The highest BCUT2D eigenvalue weighted by molar-refractivity contribution is 6.04. The second kappa shape index (κ2) is 6.35. The quantitative estimate of drug-likeness (QED) is 0.935. The van der Waals surface area contributed by atoms with Crippen LogP contribution in [-0.4, -0.2) is 39.6 Å². The van der Waals surface area contributed by atoms with Gasteiger partial charge in [-0.1, -0.05) is 18.2 Å². The average Bonchev–Trinajstić information content (AvgIpc) is 3.19. The van der Waals surface area contributed by atoms with Gasteiger partial charge in [-0.3, -0.25) is 14.3 Å². The van der Waals surface area contributed by atoms with Gasteiger partial charge in [-0.2, -0.15) is 5.10 Å². The normalized spacial score (nSPS) is 22.6. The van der Waals surface area contributed by atoms with Gasteiger partial charge in [0.05, 0.1) is 18.2 Å². The van der Waals surface area contributed by atoms with Gasteiger partial charge in [0.2, 0.25) is 11.8 Å². The van der Waals surface area contributed by atoms with Crippen LogP contribution in [0.5, 0.6) is 0 Å². The third-order valence-electron chi connectivity index (χ3n) is 5.14. The fourth-order valence-corrected chi connectivity index (χ4v) is 3.81. The summed E-state index contributed by atoms with van der Waals surface area (Å²) < 4.78 is 1.96. The van der Waals surface area contributed by atoms with Crippen molar-refractivity contribution in [2.75, 3.05) is 18.4 Å². The summed E-state index contributed by atoms with van der Waals surface area (Å²) in [6.07, 6.45) is 6.09. The largest absolute Gasteiger partial charge is 0.341 e. The molecular formula is C19H22N4O2. The van der Waals surface area contributed by atoms with Crippen LogP contribution in [0.4, 0.5) is 5.69 Å². The molecule has 6 nitrogen and oxygen atoms in total. The van der Waals surface area contributed by atoms with Crippen molar-refractivity contribution < 1.29 is 9.59 Å². The number of piperidine rings is 1. The minimum absolute atomic E-state index is 0.0467. The Bertz CT molecular complexity index is 813. The van der Waals surface area contributed by atoms with Crippen LogP contribution in [0.3, 0.4) is 0 Å². The number of carbonyl (C=O) groups is 2. The zero-order chi connectivity index (χ0) is 17.4. The molecule has 2 aliphatic heterocycles.